The van der Waals surface area contributed by atoms with Crippen LogP contribution >= 0.6 is 11.6 Å². The van der Waals surface area contributed by atoms with E-state index in [9.17, 15) is 4.79 Å². The van der Waals surface area contributed by atoms with Crippen molar-refractivity contribution in [2.24, 2.45) is 5.41 Å². The highest BCUT2D eigenvalue weighted by atomic mass is 35.5. The van der Waals surface area contributed by atoms with Gasteiger partial charge in [0, 0.05) is 5.41 Å². The number of hydrogen-bond acceptors (Lipinski definition) is 3. The lowest BCUT2D eigenvalue weighted by atomic mass is 9.82. The van der Waals surface area contributed by atoms with E-state index < -0.39 is 0 Å². The Balaban J connectivity index is 2.08. The first-order valence-corrected chi connectivity index (χ1v) is 6.35. The molecule has 1 fully saturated rings. The van der Waals surface area contributed by atoms with Gasteiger partial charge in [-0.1, -0.05) is 31.4 Å². The van der Waals surface area contributed by atoms with Gasteiger partial charge >= 0.3 is 0 Å². The van der Waals surface area contributed by atoms with Gasteiger partial charge in [-0.2, -0.15) is 0 Å². The molecule has 1 aliphatic carbocycles. The highest BCUT2D eigenvalue weighted by Gasteiger charge is 2.39. The van der Waals surface area contributed by atoms with Crippen LogP contribution in [-0.4, -0.2) is 16.1 Å². The maximum absolute atomic E-state index is 12.2. The molecule has 1 amide bonds. The predicted octanol–water partition coefficient (Wildman–Crippen LogP) is 3.04. The summed E-state index contributed by atoms with van der Waals surface area (Å²) >= 11 is 5.64. The van der Waals surface area contributed by atoms with Gasteiger partial charge in [0.15, 0.2) is 11.0 Å². The molecule has 2 rings (SSSR count). The van der Waals surface area contributed by atoms with E-state index in [1.54, 1.807) is 12.1 Å². The molecule has 1 N–H and O–H groups in total. The van der Waals surface area contributed by atoms with E-state index in [2.05, 4.69) is 22.4 Å². The quantitative estimate of drug-likeness (QED) is 0.901. The van der Waals surface area contributed by atoms with Crippen molar-refractivity contribution in [2.75, 3.05) is 5.32 Å². The van der Waals surface area contributed by atoms with E-state index in [1.165, 1.54) is 0 Å². The van der Waals surface area contributed by atoms with Crippen LogP contribution in [0.15, 0.2) is 12.1 Å². The SMILES string of the molecule is CCC1(C(=O)Nc2ccc(Cl)nn2)CCCC1. The summed E-state index contributed by atoms with van der Waals surface area (Å²) in [6.07, 6.45) is 5.08. The van der Waals surface area contributed by atoms with E-state index in [1.807, 2.05) is 0 Å². The van der Waals surface area contributed by atoms with Crippen molar-refractivity contribution < 1.29 is 4.79 Å². The van der Waals surface area contributed by atoms with Gasteiger partial charge in [0.25, 0.3) is 0 Å². The number of nitrogens with one attached hydrogen (secondary N) is 1. The summed E-state index contributed by atoms with van der Waals surface area (Å²) < 4.78 is 0. The third kappa shape index (κ3) is 2.57. The molecule has 1 saturated carbocycles. The van der Waals surface area contributed by atoms with Gasteiger partial charge in [-0.05, 0) is 31.4 Å². The number of halogens is 1. The van der Waals surface area contributed by atoms with E-state index in [4.69, 9.17) is 11.6 Å². The Labute approximate surface area is 106 Å². The average Bonchev–Trinajstić information content (AvgIpc) is 2.82. The minimum Gasteiger partial charge on any atom is -0.309 e. The van der Waals surface area contributed by atoms with E-state index in [0.717, 1.165) is 32.1 Å². The van der Waals surface area contributed by atoms with E-state index in [-0.39, 0.29) is 11.3 Å². The standard InChI is InChI=1S/C12H16ClN3O/c1-2-12(7-3-4-8-12)11(17)14-10-6-5-9(13)15-16-10/h5-6H,2-4,7-8H2,1H3,(H,14,16,17). The summed E-state index contributed by atoms with van der Waals surface area (Å²) in [6, 6.07) is 3.29. The molecule has 17 heavy (non-hydrogen) atoms. The van der Waals surface area contributed by atoms with Crippen LogP contribution in [0.2, 0.25) is 5.15 Å². The second-order valence-corrected chi connectivity index (χ2v) is 4.92. The second-order valence-electron chi connectivity index (χ2n) is 4.54. The van der Waals surface area contributed by atoms with Crippen LogP contribution in [0.4, 0.5) is 5.82 Å². The average molecular weight is 254 g/mol. The summed E-state index contributed by atoms with van der Waals surface area (Å²) in [5.41, 5.74) is -0.207. The van der Waals surface area contributed by atoms with Gasteiger partial charge in [0.1, 0.15) is 0 Å². The molecule has 0 saturated heterocycles. The molecule has 0 spiro atoms. The molecular weight excluding hydrogens is 238 g/mol. The fraction of sp³-hybridized carbons (Fsp3) is 0.583. The molecule has 1 aliphatic rings. The van der Waals surface area contributed by atoms with Gasteiger partial charge in [-0.25, -0.2) is 0 Å². The van der Waals surface area contributed by atoms with E-state index in [0.29, 0.717) is 11.0 Å². The number of carbonyl (C=O) groups is 1. The van der Waals surface area contributed by atoms with Crippen molar-refractivity contribution in [3.63, 3.8) is 0 Å². The van der Waals surface area contributed by atoms with Gasteiger partial charge in [-0.3, -0.25) is 4.79 Å². The summed E-state index contributed by atoms with van der Waals surface area (Å²) in [5.74, 6) is 0.535. The van der Waals surface area contributed by atoms with Crippen molar-refractivity contribution in [1.82, 2.24) is 10.2 Å². The topological polar surface area (TPSA) is 54.9 Å². The van der Waals surface area contributed by atoms with Crippen LogP contribution in [0.25, 0.3) is 0 Å². The lowest BCUT2D eigenvalue weighted by Crippen LogP contribution is -2.33. The first-order chi connectivity index (χ1) is 8.16. The molecule has 92 valence electrons. The number of aromatic nitrogens is 2. The number of rotatable bonds is 3. The van der Waals surface area contributed by atoms with Crippen LogP contribution < -0.4 is 5.32 Å². The van der Waals surface area contributed by atoms with Crippen LogP contribution in [0.1, 0.15) is 39.0 Å². The number of nitrogens with zero attached hydrogens (tertiary/aromatic N) is 2. The molecule has 1 aromatic rings. The van der Waals surface area contributed by atoms with Crippen LogP contribution in [0.3, 0.4) is 0 Å². The highest BCUT2D eigenvalue weighted by molar-refractivity contribution is 6.29. The van der Waals surface area contributed by atoms with E-state index >= 15 is 0 Å². The largest absolute Gasteiger partial charge is 0.309 e. The van der Waals surface area contributed by atoms with Gasteiger partial charge < -0.3 is 5.32 Å². The fourth-order valence-corrected chi connectivity index (χ4v) is 2.53. The molecule has 0 unspecified atom stereocenters. The predicted molar refractivity (Wildman–Crippen MR) is 66.9 cm³/mol. The lowest BCUT2D eigenvalue weighted by molar-refractivity contribution is -0.125. The van der Waals surface area contributed by atoms with Crippen LogP contribution in [0, 0.1) is 5.41 Å². The maximum Gasteiger partial charge on any atom is 0.231 e. The first-order valence-electron chi connectivity index (χ1n) is 5.97. The summed E-state index contributed by atoms with van der Waals surface area (Å²) in [5, 5.41) is 10.7. The minimum absolute atomic E-state index is 0.0640. The Morgan fingerprint density at radius 1 is 1.41 bits per heavy atom. The van der Waals surface area contributed by atoms with Gasteiger partial charge in [-0.15, -0.1) is 10.2 Å². The minimum atomic E-state index is -0.207. The first kappa shape index (κ1) is 12.3. The van der Waals surface area contributed by atoms with Gasteiger partial charge in [0.05, 0.1) is 0 Å². The summed E-state index contributed by atoms with van der Waals surface area (Å²) in [6.45, 7) is 2.07. The highest BCUT2D eigenvalue weighted by Crippen LogP contribution is 2.41. The summed E-state index contributed by atoms with van der Waals surface area (Å²) in [7, 11) is 0. The number of anilines is 1. The van der Waals surface area contributed by atoms with Crippen molar-refractivity contribution in [3.8, 4) is 0 Å². The molecular formula is C12H16ClN3O. The second kappa shape index (κ2) is 5.00. The third-order valence-electron chi connectivity index (χ3n) is 3.59. The number of carbonyl (C=O) groups excluding carboxylic acids is 1. The Morgan fingerprint density at radius 3 is 2.65 bits per heavy atom. The summed E-state index contributed by atoms with van der Waals surface area (Å²) in [4.78, 5) is 12.2. The smallest absolute Gasteiger partial charge is 0.231 e. The maximum atomic E-state index is 12.2. The van der Waals surface area contributed by atoms with Crippen LogP contribution in [-0.2, 0) is 4.79 Å². The molecule has 0 aliphatic heterocycles. The number of amides is 1. The molecule has 0 radical (unpaired) electrons. The molecule has 1 aromatic heterocycles. The van der Waals surface area contributed by atoms with Crippen molar-refractivity contribution in [1.29, 1.82) is 0 Å². The Kier molecular flexibility index (Phi) is 3.62. The zero-order chi connectivity index (χ0) is 12.3. The molecule has 0 bridgehead atoms. The monoisotopic (exact) mass is 253 g/mol. The van der Waals surface area contributed by atoms with Gasteiger partial charge in [0.2, 0.25) is 5.91 Å². The molecule has 4 nitrogen and oxygen atoms in total. The normalized spacial score (nSPS) is 18.0. The van der Waals surface area contributed by atoms with Crippen molar-refractivity contribution in [2.45, 2.75) is 39.0 Å². The molecule has 0 atom stereocenters. The number of hydrogen-bond donors (Lipinski definition) is 1. The van der Waals surface area contributed by atoms with Crippen molar-refractivity contribution >= 4 is 23.3 Å². The molecule has 1 heterocycles. The molecule has 5 heteroatoms. The third-order valence-corrected chi connectivity index (χ3v) is 3.79. The zero-order valence-electron chi connectivity index (χ0n) is 9.87. The lowest BCUT2D eigenvalue weighted by Gasteiger charge is -2.25. The Morgan fingerprint density at radius 2 is 2.12 bits per heavy atom. The Bertz CT molecular complexity index is 399. The molecule has 0 aromatic carbocycles. The van der Waals surface area contributed by atoms with Crippen LogP contribution in [0.5, 0.6) is 0 Å². The van der Waals surface area contributed by atoms with Crippen molar-refractivity contribution in [3.05, 3.63) is 17.3 Å². The zero-order valence-corrected chi connectivity index (χ0v) is 10.6. The fourth-order valence-electron chi connectivity index (χ4n) is 2.42. The Hall–Kier alpha value is -1.16.